The SMILES string of the molecule is Cc1cc(Br)c(Cl)c(-c2nc3ccccc3[nH]2)c1. The van der Waals surface area contributed by atoms with Gasteiger partial charge in [-0.2, -0.15) is 0 Å². The summed E-state index contributed by atoms with van der Waals surface area (Å²) in [6, 6.07) is 12.0. The predicted octanol–water partition coefficient (Wildman–Crippen LogP) is 4.95. The molecule has 0 unspecified atom stereocenters. The number of hydrogen-bond donors (Lipinski definition) is 1. The van der Waals surface area contributed by atoms with Crippen molar-refractivity contribution >= 4 is 38.6 Å². The number of rotatable bonds is 1. The highest BCUT2D eigenvalue weighted by Crippen LogP contribution is 2.34. The van der Waals surface area contributed by atoms with E-state index in [0.717, 1.165) is 32.5 Å². The molecular weight excluding hydrogens is 312 g/mol. The summed E-state index contributed by atoms with van der Waals surface area (Å²) in [6.07, 6.45) is 0. The average molecular weight is 322 g/mol. The van der Waals surface area contributed by atoms with Gasteiger partial charge in [0.2, 0.25) is 0 Å². The molecule has 0 aliphatic carbocycles. The number of benzene rings is 2. The minimum Gasteiger partial charge on any atom is -0.338 e. The van der Waals surface area contributed by atoms with Crippen LogP contribution in [0, 0.1) is 6.92 Å². The fourth-order valence-electron chi connectivity index (χ4n) is 1.98. The van der Waals surface area contributed by atoms with Crippen molar-refractivity contribution in [3.05, 3.63) is 51.5 Å². The molecule has 1 N–H and O–H groups in total. The lowest BCUT2D eigenvalue weighted by atomic mass is 10.1. The van der Waals surface area contributed by atoms with Crippen molar-refractivity contribution in [3.8, 4) is 11.4 Å². The van der Waals surface area contributed by atoms with Crippen molar-refractivity contribution in [1.82, 2.24) is 9.97 Å². The molecule has 0 aliphatic heterocycles. The largest absolute Gasteiger partial charge is 0.338 e. The second kappa shape index (κ2) is 4.41. The predicted molar refractivity (Wildman–Crippen MR) is 79.0 cm³/mol. The van der Waals surface area contributed by atoms with Crippen molar-refractivity contribution in [2.45, 2.75) is 6.92 Å². The van der Waals surface area contributed by atoms with Gasteiger partial charge in [-0.1, -0.05) is 23.7 Å². The first-order chi connectivity index (χ1) is 8.65. The zero-order valence-corrected chi connectivity index (χ0v) is 12.0. The molecular formula is C14H10BrClN2. The summed E-state index contributed by atoms with van der Waals surface area (Å²) < 4.78 is 0.889. The second-order valence-corrected chi connectivity index (χ2v) is 5.44. The number of nitrogens with zero attached hydrogens (tertiary/aromatic N) is 1. The third-order valence-electron chi connectivity index (χ3n) is 2.82. The summed E-state index contributed by atoms with van der Waals surface area (Å²) in [5.41, 5.74) is 4.02. The van der Waals surface area contributed by atoms with E-state index in [0.29, 0.717) is 5.02 Å². The van der Waals surface area contributed by atoms with E-state index in [1.165, 1.54) is 0 Å². The number of para-hydroxylation sites is 2. The maximum absolute atomic E-state index is 6.32. The Morgan fingerprint density at radius 2 is 2.00 bits per heavy atom. The van der Waals surface area contributed by atoms with Gasteiger partial charge in [0.25, 0.3) is 0 Å². The van der Waals surface area contributed by atoms with Gasteiger partial charge in [-0.25, -0.2) is 4.98 Å². The van der Waals surface area contributed by atoms with Crippen LogP contribution in [0.25, 0.3) is 22.4 Å². The molecule has 0 fully saturated rings. The number of aromatic nitrogens is 2. The fourth-order valence-corrected chi connectivity index (χ4v) is 2.75. The molecule has 0 atom stereocenters. The van der Waals surface area contributed by atoms with E-state index in [-0.39, 0.29) is 0 Å². The van der Waals surface area contributed by atoms with Crippen molar-refractivity contribution < 1.29 is 0 Å². The van der Waals surface area contributed by atoms with Crippen LogP contribution >= 0.6 is 27.5 Å². The van der Waals surface area contributed by atoms with Gasteiger partial charge in [0.05, 0.1) is 16.1 Å². The Morgan fingerprint density at radius 3 is 2.78 bits per heavy atom. The molecule has 0 bridgehead atoms. The topological polar surface area (TPSA) is 28.7 Å². The quantitative estimate of drug-likeness (QED) is 0.674. The highest BCUT2D eigenvalue weighted by Gasteiger charge is 2.11. The first kappa shape index (κ1) is 11.8. The minimum atomic E-state index is 0.680. The Bertz CT molecular complexity index is 701. The lowest BCUT2D eigenvalue weighted by Crippen LogP contribution is -1.85. The van der Waals surface area contributed by atoms with Crippen LogP contribution in [0.4, 0.5) is 0 Å². The van der Waals surface area contributed by atoms with E-state index >= 15 is 0 Å². The fraction of sp³-hybridized carbons (Fsp3) is 0.0714. The number of halogens is 2. The second-order valence-electron chi connectivity index (χ2n) is 4.21. The molecule has 18 heavy (non-hydrogen) atoms. The third kappa shape index (κ3) is 1.93. The highest BCUT2D eigenvalue weighted by atomic mass is 79.9. The molecule has 0 saturated carbocycles. The van der Waals surface area contributed by atoms with Gasteiger partial charge in [-0.15, -0.1) is 0 Å². The molecule has 0 aliphatic rings. The molecule has 0 radical (unpaired) electrons. The van der Waals surface area contributed by atoms with Crippen LogP contribution < -0.4 is 0 Å². The average Bonchev–Trinajstić information content (AvgIpc) is 2.77. The summed E-state index contributed by atoms with van der Waals surface area (Å²) in [5, 5.41) is 0.680. The summed E-state index contributed by atoms with van der Waals surface area (Å²) in [5.74, 6) is 0.797. The summed E-state index contributed by atoms with van der Waals surface area (Å²) in [4.78, 5) is 7.86. The molecule has 2 nitrogen and oxygen atoms in total. The van der Waals surface area contributed by atoms with Crippen LogP contribution in [0.5, 0.6) is 0 Å². The third-order valence-corrected chi connectivity index (χ3v) is 4.08. The monoisotopic (exact) mass is 320 g/mol. The number of H-pyrrole nitrogens is 1. The smallest absolute Gasteiger partial charge is 0.140 e. The van der Waals surface area contributed by atoms with Crippen LogP contribution in [0.2, 0.25) is 5.02 Å². The maximum atomic E-state index is 6.32. The number of aromatic amines is 1. The minimum absolute atomic E-state index is 0.680. The van der Waals surface area contributed by atoms with Crippen molar-refractivity contribution in [3.63, 3.8) is 0 Å². The Hall–Kier alpha value is -1.32. The van der Waals surface area contributed by atoms with Gasteiger partial charge in [0, 0.05) is 10.0 Å². The molecule has 2 aromatic carbocycles. The van der Waals surface area contributed by atoms with Gasteiger partial charge in [0.1, 0.15) is 5.82 Å². The van der Waals surface area contributed by atoms with E-state index in [9.17, 15) is 0 Å². The number of nitrogens with one attached hydrogen (secondary N) is 1. The standard InChI is InChI=1S/C14H10BrClN2/c1-8-6-9(13(16)10(15)7-8)14-17-11-4-2-3-5-12(11)18-14/h2-7H,1H3,(H,17,18). The van der Waals surface area contributed by atoms with Crippen LogP contribution in [0.3, 0.4) is 0 Å². The number of aryl methyl sites for hydroxylation is 1. The molecule has 0 saturated heterocycles. The van der Waals surface area contributed by atoms with E-state index in [1.807, 2.05) is 43.3 Å². The van der Waals surface area contributed by atoms with Gasteiger partial charge in [0.15, 0.2) is 0 Å². The van der Waals surface area contributed by atoms with E-state index in [4.69, 9.17) is 11.6 Å². The van der Waals surface area contributed by atoms with Crippen molar-refractivity contribution in [1.29, 1.82) is 0 Å². The maximum Gasteiger partial charge on any atom is 0.140 e. The first-order valence-corrected chi connectivity index (χ1v) is 6.73. The Morgan fingerprint density at radius 1 is 1.22 bits per heavy atom. The van der Waals surface area contributed by atoms with Crippen LogP contribution in [-0.2, 0) is 0 Å². The summed E-state index contributed by atoms with van der Waals surface area (Å²) in [6.45, 7) is 2.03. The Labute approximate surface area is 118 Å². The normalized spacial score (nSPS) is 11.1. The molecule has 0 spiro atoms. The molecule has 4 heteroatoms. The highest BCUT2D eigenvalue weighted by molar-refractivity contribution is 9.10. The number of fused-ring (bicyclic) bond motifs is 1. The molecule has 1 aromatic heterocycles. The molecule has 3 aromatic rings. The van der Waals surface area contributed by atoms with E-state index in [2.05, 4.69) is 25.9 Å². The lowest BCUT2D eigenvalue weighted by Gasteiger charge is -2.05. The number of imidazole rings is 1. The van der Waals surface area contributed by atoms with Crippen LogP contribution in [0.15, 0.2) is 40.9 Å². The molecule has 0 amide bonds. The van der Waals surface area contributed by atoms with Gasteiger partial charge < -0.3 is 4.98 Å². The van der Waals surface area contributed by atoms with Crippen LogP contribution in [0.1, 0.15) is 5.56 Å². The van der Waals surface area contributed by atoms with Crippen molar-refractivity contribution in [2.24, 2.45) is 0 Å². The summed E-state index contributed by atoms with van der Waals surface area (Å²) >= 11 is 9.78. The first-order valence-electron chi connectivity index (χ1n) is 5.56. The molecule has 1 heterocycles. The molecule has 3 rings (SSSR count). The van der Waals surface area contributed by atoms with Crippen LogP contribution in [-0.4, -0.2) is 9.97 Å². The van der Waals surface area contributed by atoms with Crippen molar-refractivity contribution in [2.75, 3.05) is 0 Å². The zero-order valence-electron chi connectivity index (χ0n) is 9.67. The lowest BCUT2D eigenvalue weighted by molar-refractivity contribution is 1.32. The van der Waals surface area contributed by atoms with E-state index in [1.54, 1.807) is 0 Å². The van der Waals surface area contributed by atoms with Gasteiger partial charge in [-0.3, -0.25) is 0 Å². The van der Waals surface area contributed by atoms with Gasteiger partial charge >= 0.3 is 0 Å². The Kier molecular flexibility index (Phi) is 2.88. The summed E-state index contributed by atoms with van der Waals surface area (Å²) in [7, 11) is 0. The molecule has 90 valence electrons. The number of hydrogen-bond acceptors (Lipinski definition) is 1. The zero-order chi connectivity index (χ0) is 12.7. The van der Waals surface area contributed by atoms with E-state index < -0.39 is 0 Å². The Balaban J connectivity index is 2.26. The van der Waals surface area contributed by atoms with Gasteiger partial charge in [-0.05, 0) is 52.7 Å².